The third-order valence-electron chi connectivity index (χ3n) is 5.36. The molecular weight excluding hydrogens is 372 g/mol. The summed E-state index contributed by atoms with van der Waals surface area (Å²) in [6.07, 6.45) is 0.907. The first kappa shape index (κ1) is 21.8. The summed E-state index contributed by atoms with van der Waals surface area (Å²) in [6.45, 7) is 9.12. The Morgan fingerprint density at radius 3 is 2.40 bits per heavy atom. The van der Waals surface area contributed by atoms with Gasteiger partial charge in [0.25, 0.3) is 5.91 Å². The van der Waals surface area contributed by atoms with Crippen molar-refractivity contribution in [2.24, 2.45) is 0 Å². The first-order chi connectivity index (χ1) is 14.4. The minimum absolute atomic E-state index is 0.0362. The van der Waals surface area contributed by atoms with Gasteiger partial charge in [-0.05, 0) is 51.9 Å². The normalized spacial score (nSPS) is 11.1. The molecule has 158 valence electrons. The smallest absolute Gasteiger partial charge is 0.255 e. The second kappa shape index (κ2) is 10.2. The molecule has 3 rings (SSSR count). The van der Waals surface area contributed by atoms with Crippen molar-refractivity contribution in [3.8, 4) is 0 Å². The third kappa shape index (κ3) is 5.80. The first-order valence-corrected chi connectivity index (χ1v) is 10.5. The fourth-order valence-corrected chi connectivity index (χ4v) is 3.66. The molecule has 0 atom stereocenters. The summed E-state index contributed by atoms with van der Waals surface area (Å²) in [7, 11) is 2.11. The van der Waals surface area contributed by atoms with Gasteiger partial charge in [-0.25, -0.2) is 0 Å². The number of hydrogen-bond acceptors (Lipinski definition) is 3. The van der Waals surface area contributed by atoms with Gasteiger partial charge in [-0.2, -0.15) is 5.10 Å². The molecule has 30 heavy (non-hydrogen) atoms. The fraction of sp³-hybridized carbons (Fsp3) is 0.360. The van der Waals surface area contributed by atoms with Gasteiger partial charge < -0.3 is 10.2 Å². The lowest BCUT2D eigenvalue weighted by Gasteiger charge is -2.16. The molecule has 0 aliphatic heterocycles. The van der Waals surface area contributed by atoms with Gasteiger partial charge in [0.05, 0.1) is 17.8 Å². The van der Waals surface area contributed by atoms with Gasteiger partial charge in [-0.1, -0.05) is 60.2 Å². The molecule has 1 aromatic heterocycles. The summed E-state index contributed by atoms with van der Waals surface area (Å²) in [5.41, 5.74) is 6.10. The lowest BCUT2D eigenvalue weighted by atomic mass is 10.1. The van der Waals surface area contributed by atoms with E-state index >= 15 is 0 Å². The standard InChI is InChI=1S/C25H32N4O/c1-19-11-13-23(14-12-19)18-29-21(3)24(20(2)27-29)25(30)26-15-8-16-28(4)17-22-9-6-5-7-10-22/h5-7,9-14H,8,15-18H2,1-4H3,(H,26,30). The zero-order valence-corrected chi connectivity index (χ0v) is 18.5. The molecule has 0 spiro atoms. The molecule has 0 saturated heterocycles. The van der Waals surface area contributed by atoms with Crippen molar-refractivity contribution in [2.45, 2.75) is 40.3 Å². The zero-order valence-electron chi connectivity index (χ0n) is 18.5. The largest absolute Gasteiger partial charge is 0.352 e. The van der Waals surface area contributed by atoms with Crippen LogP contribution in [0.15, 0.2) is 54.6 Å². The van der Waals surface area contributed by atoms with Gasteiger partial charge in [0.15, 0.2) is 0 Å². The van der Waals surface area contributed by atoms with Gasteiger partial charge in [0, 0.05) is 18.8 Å². The van der Waals surface area contributed by atoms with E-state index in [-0.39, 0.29) is 5.91 Å². The molecular formula is C25H32N4O. The topological polar surface area (TPSA) is 50.2 Å². The molecule has 3 aromatic rings. The van der Waals surface area contributed by atoms with Crippen molar-refractivity contribution in [3.05, 3.63) is 88.2 Å². The van der Waals surface area contributed by atoms with Crippen LogP contribution < -0.4 is 5.32 Å². The molecule has 0 aliphatic carbocycles. The summed E-state index contributed by atoms with van der Waals surface area (Å²) < 4.78 is 1.92. The molecule has 0 radical (unpaired) electrons. The number of carbonyl (C=O) groups is 1. The number of aryl methyl sites for hydroxylation is 2. The van der Waals surface area contributed by atoms with E-state index in [0.29, 0.717) is 18.7 Å². The summed E-state index contributed by atoms with van der Waals surface area (Å²) in [5, 5.41) is 7.67. The lowest BCUT2D eigenvalue weighted by Crippen LogP contribution is -2.28. The van der Waals surface area contributed by atoms with Crippen molar-refractivity contribution in [1.82, 2.24) is 20.0 Å². The number of nitrogens with zero attached hydrogens (tertiary/aromatic N) is 3. The van der Waals surface area contributed by atoms with Crippen LogP contribution in [0.4, 0.5) is 0 Å². The highest BCUT2D eigenvalue weighted by molar-refractivity contribution is 5.96. The van der Waals surface area contributed by atoms with Crippen molar-refractivity contribution in [1.29, 1.82) is 0 Å². The lowest BCUT2D eigenvalue weighted by molar-refractivity contribution is 0.0950. The van der Waals surface area contributed by atoms with Gasteiger partial charge in [-0.15, -0.1) is 0 Å². The van der Waals surface area contributed by atoms with E-state index in [1.54, 1.807) is 0 Å². The van der Waals surface area contributed by atoms with Crippen LogP contribution in [0.2, 0.25) is 0 Å². The van der Waals surface area contributed by atoms with E-state index in [1.165, 1.54) is 16.7 Å². The van der Waals surface area contributed by atoms with E-state index in [9.17, 15) is 4.79 Å². The molecule has 0 aliphatic rings. The van der Waals surface area contributed by atoms with Gasteiger partial charge in [0.2, 0.25) is 0 Å². The van der Waals surface area contributed by atoms with Gasteiger partial charge in [0.1, 0.15) is 0 Å². The predicted octanol–water partition coefficient (Wildman–Crippen LogP) is 4.11. The summed E-state index contributed by atoms with van der Waals surface area (Å²) >= 11 is 0. The third-order valence-corrected chi connectivity index (χ3v) is 5.36. The van der Waals surface area contributed by atoms with E-state index < -0.39 is 0 Å². The molecule has 5 heteroatoms. The van der Waals surface area contributed by atoms with Crippen molar-refractivity contribution < 1.29 is 4.79 Å². The Hall–Kier alpha value is -2.92. The van der Waals surface area contributed by atoms with Crippen molar-refractivity contribution in [3.63, 3.8) is 0 Å². The molecule has 0 fully saturated rings. The number of carbonyl (C=O) groups excluding carboxylic acids is 1. The van der Waals surface area contributed by atoms with E-state index in [0.717, 1.165) is 30.9 Å². The van der Waals surface area contributed by atoms with Crippen LogP contribution in [0.3, 0.4) is 0 Å². The minimum atomic E-state index is -0.0362. The number of nitrogens with one attached hydrogen (secondary N) is 1. The summed E-state index contributed by atoms with van der Waals surface area (Å²) in [6, 6.07) is 18.9. The molecule has 1 amide bonds. The summed E-state index contributed by atoms with van der Waals surface area (Å²) in [4.78, 5) is 15.0. The molecule has 0 bridgehead atoms. The van der Waals surface area contributed by atoms with Crippen molar-refractivity contribution >= 4 is 5.91 Å². The van der Waals surface area contributed by atoms with Gasteiger partial charge >= 0.3 is 0 Å². The highest BCUT2D eigenvalue weighted by Crippen LogP contribution is 2.15. The average Bonchev–Trinajstić information content (AvgIpc) is 3.00. The van der Waals surface area contributed by atoms with Crippen LogP contribution >= 0.6 is 0 Å². The Labute approximate surface area is 179 Å². The van der Waals surface area contributed by atoms with Crippen LogP contribution in [0.25, 0.3) is 0 Å². The van der Waals surface area contributed by atoms with Crippen molar-refractivity contribution in [2.75, 3.05) is 20.1 Å². The molecule has 1 N–H and O–H groups in total. The Morgan fingerprint density at radius 1 is 1.00 bits per heavy atom. The zero-order chi connectivity index (χ0) is 21.5. The predicted molar refractivity (Wildman–Crippen MR) is 122 cm³/mol. The Kier molecular flexibility index (Phi) is 7.41. The maximum Gasteiger partial charge on any atom is 0.255 e. The number of benzene rings is 2. The van der Waals surface area contributed by atoms with Crippen LogP contribution in [-0.4, -0.2) is 40.7 Å². The Bertz CT molecular complexity index is 961. The highest BCUT2D eigenvalue weighted by Gasteiger charge is 2.18. The molecule has 5 nitrogen and oxygen atoms in total. The maximum absolute atomic E-state index is 12.8. The number of hydrogen-bond donors (Lipinski definition) is 1. The van der Waals surface area contributed by atoms with Crippen LogP contribution in [-0.2, 0) is 13.1 Å². The number of aromatic nitrogens is 2. The average molecular weight is 405 g/mol. The molecule has 0 unspecified atom stereocenters. The highest BCUT2D eigenvalue weighted by atomic mass is 16.1. The van der Waals surface area contributed by atoms with E-state index in [4.69, 9.17) is 0 Å². The quantitative estimate of drug-likeness (QED) is 0.546. The van der Waals surface area contributed by atoms with Crippen LogP contribution in [0.5, 0.6) is 0 Å². The van der Waals surface area contributed by atoms with E-state index in [1.807, 2.05) is 24.6 Å². The van der Waals surface area contributed by atoms with E-state index in [2.05, 4.69) is 77.8 Å². The molecule has 2 aromatic carbocycles. The SMILES string of the molecule is Cc1ccc(Cn2nc(C)c(C(=O)NCCCN(C)Cc3ccccc3)c2C)cc1. The molecule has 1 heterocycles. The van der Waals surface area contributed by atoms with Crippen LogP contribution in [0.1, 0.15) is 44.9 Å². The Morgan fingerprint density at radius 2 is 1.70 bits per heavy atom. The maximum atomic E-state index is 12.8. The second-order valence-corrected chi connectivity index (χ2v) is 8.02. The number of rotatable bonds is 9. The van der Waals surface area contributed by atoms with Gasteiger partial charge in [-0.3, -0.25) is 9.48 Å². The number of amides is 1. The second-order valence-electron chi connectivity index (χ2n) is 8.02. The first-order valence-electron chi connectivity index (χ1n) is 10.5. The fourth-order valence-electron chi connectivity index (χ4n) is 3.66. The minimum Gasteiger partial charge on any atom is -0.352 e. The summed E-state index contributed by atoms with van der Waals surface area (Å²) in [5.74, 6) is -0.0362. The monoisotopic (exact) mass is 404 g/mol. The molecule has 0 saturated carbocycles. The van der Waals surface area contributed by atoms with Crippen LogP contribution in [0, 0.1) is 20.8 Å². The Balaban J connectivity index is 1.50.